The molecule has 0 bridgehead atoms. The fourth-order valence-electron chi connectivity index (χ4n) is 2.21. The van der Waals surface area contributed by atoms with E-state index in [0.29, 0.717) is 6.04 Å². The van der Waals surface area contributed by atoms with Crippen LogP contribution in [0.25, 0.3) is 0 Å². The molecular formula is C16H27N. The van der Waals surface area contributed by atoms with Crippen molar-refractivity contribution in [2.45, 2.75) is 53.0 Å². The normalized spacial score (nSPS) is 12.8. The van der Waals surface area contributed by atoms with Crippen LogP contribution in [0.3, 0.4) is 0 Å². The SMILES string of the molecule is CCCCC(C)CN(c1ccccc1)C(C)C. The van der Waals surface area contributed by atoms with Crippen molar-refractivity contribution in [2.75, 3.05) is 11.4 Å². The molecule has 0 saturated carbocycles. The molecule has 17 heavy (non-hydrogen) atoms. The Labute approximate surface area is 107 Å². The minimum atomic E-state index is 0.571. The molecule has 1 rings (SSSR count). The van der Waals surface area contributed by atoms with Crippen LogP contribution in [0.4, 0.5) is 5.69 Å². The van der Waals surface area contributed by atoms with Gasteiger partial charge in [-0.2, -0.15) is 0 Å². The molecule has 0 aliphatic rings. The Morgan fingerprint density at radius 2 is 1.71 bits per heavy atom. The van der Waals surface area contributed by atoms with E-state index in [2.05, 4.69) is 62.9 Å². The van der Waals surface area contributed by atoms with Crippen LogP contribution < -0.4 is 4.90 Å². The van der Waals surface area contributed by atoms with E-state index in [1.54, 1.807) is 0 Å². The number of hydrogen-bond acceptors (Lipinski definition) is 1. The first kappa shape index (κ1) is 14.1. The van der Waals surface area contributed by atoms with Crippen molar-refractivity contribution < 1.29 is 0 Å². The van der Waals surface area contributed by atoms with Crippen LogP contribution in [-0.4, -0.2) is 12.6 Å². The lowest BCUT2D eigenvalue weighted by Crippen LogP contribution is -2.34. The number of anilines is 1. The number of unbranched alkanes of at least 4 members (excludes halogenated alkanes) is 1. The summed E-state index contributed by atoms with van der Waals surface area (Å²) in [5.41, 5.74) is 1.35. The van der Waals surface area contributed by atoms with E-state index in [4.69, 9.17) is 0 Å². The summed E-state index contributed by atoms with van der Waals surface area (Å²) in [7, 11) is 0. The van der Waals surface area contributed by atoms with Crippen LogP contribution in [0.1, 0.15) is 47.0 Å². The van der Waals surface area contributed by atoms with E-state index in [1.165, 1.54) is 31.5 Å². The van der Waals surface area contributed by atoms with Gasteiger partial charge in [-0.3, -0.25) is 0 Å². The first-order chi connectivity index (χ1) is 8.15. The fraction of sp³-hybridized carbons (Fsp3) is 0.625. The highest BCUT2D eigenvalue weighted by atomic mass is 15.2. The summed E-state index contributed by atoms with van der Waals surface area (Å²) >= 11 is 0. The average molecular weight is 233 g/mol. The first-order valence-corrected chi connectivity index (χ1v) is 6.96. The van der Waals surface area contributed by atoms with Gasteiger partial charge in [0, 0.05) is 18.3 Å². The molecule has 0 saturated heterocycles. The maximum atomic E-state index is 2.51. The highest BCUT2D eigenvalue weighted by Crippen LogP contribution is 2.20. The standard InChI is InChI=1S/C16H27N/c1-5-6-10-15(4)13-17(14(2)3)16-11-8-7-9-12-16/h7-9,11-12,14-15H,5-6,10,13H2,1-4H3. The Balaban J connectivity index is 2.61. The third kappa shape index (κ3) is 4.80. The molecule has 0 aliphatic carbocycles. The summed E-state index contributed by atoms with van der Waals surface area (Å²) in [6.07, 6.45) is 3.99. The van der Waals surface area contributed by atoms with Gasteiger partial charge in [0.25, 0.3) is 0 Å². The second kappa shape index (κ2) is 7.37. The predicted molar refractivity (Wildman–Crippen MR) is 77.6 cm³/mol. The summed E-state index contributed by atoms with van der Waals surface area (Å²) in [6, 6.07) is 11.3. The van der Waals surface area contributed by atoms with Gasteiger partial charge in [0.2, 0.25) is 0 Å². The Morgan fingerprint density at radius 3 is 2.24 bits per heavy atom. The maximum absolute atomic E-state index is 2.51. The predicted octanol–water partition coefficient (Wildman–Crippen LogP) is 4.73. The number of hydrogen-bond donors (Lipinski definition) is 0. The molecule has 0 fully saturated rings. The number of para-hydroxylation sites is 1. The number of rotatable bonds is 7. The quantitative estimate of drug-likeness (QED) is 0.658. The van der Waals surface area contributed by atoms with Crippen LogP contribution in [0, 0.1) is 5.92 Å². The summed E-state index contributed by atoms with van der Waals surface area (Å²) in [5, 5.41) is 0. The molecule has 0 aromatic heterocycles. The molecule has 0 spiro atoms. The summed E-state index contributed by atoms with van der Waals surface area (Å²) in [6.45, 7) is 10.4. The van der Waals surface area contributed by atoms with Crippen LogP contribution in [0.2, 0.25) is 0 Å². The van der Waals surface area contributed by atoms with Crippen LogP contribution >= 0.6 is 0 Å². The zero-order valence-corrected chi connectivity index (χ0v) is 11.8. The number of nitrogens with zero attached hydrogens (tertiary/aromatic N) is 1. The van der Waals surface area contributed by atoms with Gasteiger partial charge in [-0.1, -0.05) is 44.9 Å². The topological polar surface area (TPSA) is 3.24 Å². The molecule has 96 valence electrons. The molecule has 1 atom stereocenters. The van der Waals surface area contributed by atoms with E-state index in [0.717, 1.165) is 5.92 Å². The van der Waals surface area contributed by atoms with Gasteiger partial charge in [0.15, 0.2) is 0 Å². The smallest absolute Gasteiger partial charge is 0.0368 e. The number of benzene rings is 1. The Kier molecular flexibility index (Phi) is 6.10. The first-order valence-electron chi connectivity index (χ1n) is 6.96. The Hall–Kier alpha value is -0.980. The van der Waals surface area contributed by atoms with Crippen molar-refractivity contribution in [3.8, 4) is 0 Å². The van der Waals surface area contributed by atoms with E-state index < -0.39 is 0 Å². The maximum Gasteiger partial charge on any atom is 0.0368 e. The molecule has 1 aromatic rings. The molecule has 1 nitrogen and oxygen atoms in total. The Bertz CT molecular complexity index is 292. The second-order valence-electron chi connectivity index (χ2n) is 5.33. The molecule has 0 heterocycles. The lowest BCUT2D eigenvalue weighted by molar-refractivity contribution is 0.480. The zero-order chi connectivity index (χ0) is 12.7. The van der Waals surface area contributed by atoms with Crippen LogP contribution in [-0.2, 0) is 0 Å². The van der Waals surface area contributed by atoms with E-state index in [-0.39, 0.29) is 0 Å². The van der Waals surface area contributed by atoms with Crippen molar-refractivity contribution in [3.63, 3.8) is 0 Å². The minimum absolute atomic E-state index is 0.571. The molecule has 0 radical (unpaired) electrons. The molecule has 1 unspecified atom stereocenters. The third-order valence-corrected chi connectivity index (χ3v) is 3.27. The van der Waals surface area contributed by atoms with Gasteiger partial charge in [0.05, 0.1) is 0 Å². The lowest BCUT2D eigenvalue weighted by atomic mass is 10.0. The summed E-state index contributed by atoms with van der Waals surface area (Å²) in [5.74, 6) is 0.776. The molecule has 0 N–H and O–H groups in total. The third-order valence-electron chi connectivity index (χ3n) is 3.27. The van der Waals surface area contributed by atoms with Crippen molar-refractivity contribution in [3.05, 3.63) is 30.3 Å². The molecular weight excluding hydrogens is 206 g/mol. The molecule has 1 aromatic carbocycles. The van der Waals surface area contributed by atoms with E-state index >= 15 is 0 Å². The average Bonchev–Trinajstić information content (AvgIpc) is 2.34. The van der Waals surface area contributed by atoms with E-state index in [1.807, 2.05) is 0 Å². The molecule has 0 aliphatic heterocycles. The van der Waals surface area contributed by atoms with Gasteiger partial charge in [0.1, 0.15) is 0 Å². The van der Waals surface area contributed by atoms with Gasteiger partial charge in [-0.25, -0.2) is 0 Å². The van der Waals surface area contributed by atoms with Gasteiger partial charge in [-0.05, 0) is 38.3 Å². The Morgan fingerprint density at radius 1 is 1.06 bits per heavy atom. The van der Waals surface area contributed by atoms with Gasteiger partial charge < -0.3 is 4.90 Å². The van der Waals surface area contributed by atoms with Crippen molar-refractivity contribution >= 4 is 5.69 Å². The van der Waals surface area contributed by atoms with Crippen LogP contribution in [0.15, 0.2) is 30.3 Å². The van der Waals surface area contributed by atoms with Crippen molar-refractivity contribution in [2.24, 2.45) is 5.92 Å². The van der Waals surface area contributed by atoms with Crippen molar-refractivity contribution in [1.82, 2.24) is 0 Å². The second-order valence-corrected chi connectivity index (χ2v) is 5.33. The summed E-state index contributed by atoms with van der Waals surface area (Å²) in [4.78, 5) is 2.51. The molecule has 1 heteroatoms. The summed E-state index contributed by atoms with van der Waals surface area (Å²) < 4.78 is 0. The van der Waals surface area contributed by atoms with Crippen molar-refractivity contribution in [1.29, 1.82) is 0 Å². The largest absolute Gasteiger partial charge is 0.369 e. The highest BCUT2D eigenvalue weighted by Gasteiger charge is 2.13. The lowest BCUT2D eigenvalue weighted by Gasteiger charge is -2.31. The van der Waals surface area contributed by atoms with Gasteiger partial charge >= 0.3 is 0 Å². The zero-order valence-electron chi connectivity index (χ0n) is 11.8. The fourth-order valence-corrected chi connectivity index (χ4v) is 2.21. The van der Waals surface area contributed by atoms with Crippen LogP contribution in [0.5, 0.6) is 0 Å². The minimum Gasteiger partial charge on any atom is -0.369 e. The monoisotopic (exact) mass is 233 g/mol. The highest BCUT2D eigenvalue weighted by molar-refractivity contribution is 5.46. The van der Waals surface area contributed by atoms with Gasteiger partial charge in [-0.15, -0.1) is 0 Å². The molecule has 0 amide bonds. The van der Waals surface area contributed by atoms with E-state index in [9.17, 15) is 0 Å².